The topological polar surface area (TPSA) is 75.6 Å². The van der Waals surface area contributed by atoms with Crippen molar-refractivity contribution in [1.29, 1.82) is 0 Å². The molecular formula is C16H21NO4. The minimum atomic E-state index is -0.775. The third-order valence-electron chi connectivity index (χ3n) is 4.04. The molecule has 0 saturated heterocycles. The first-order valence-electron chi connectivity index (χ1n) is 7.11. The van der Waals surface area contributed by atoms with Crippen molar-refractivity contribution >= 4 is 11.9 Å². The van der Waals surface area contributed by atoms with Gasteiger partial charge in [-0.05, 0) is 56.4 Å². The lowest BCUT2D eigenvalue weighted by Crippen LogP contribution is -2.33. The van der Waals surface area contributed by atoms with Gasteiger partial charge in [0.05, 0.1) is 13.0 Å². The molecule has 5 nitrogen and oxygen atoms in total. The van der Waals surface area contributed by atoms with E-state index in [0.717, 1.165) is 23.3 Å². The molecule has 1 aliphatic rings. The van der Waals surface area contributed by atoms with Crippen molar-refractivity contribution < 1.29 is 19.4 Å². The van der Waals surface area contributed by atoms with Crippen LogP contribution in [0.25, 0.3) is 0 Å². The van der Waals surface area contributed by atoms with E-state index in [2.05, 4.69) is 5.32 Å². The van der Waals surface area contributed by atoms with Gasteiger partial charge in [-0.1, -0.05) is 0 Å². The third-order valence-corrected chi connectivity index (χ3v) is 4.04. The Morgan fingerprint density at radius 2 is 1.86 bits per heavy atom. The van der Waals surface area contributed by atoms with Crippen molar-refractivity contribution in [2.45, 2.75) is 39.2 Å². The number of benzene rings is 1. The number of aryl methyl sites for hydroxylation is 2. The fourth-order valence-corrected chi connectivity index (χ4v) is 3.01. The second kappa shape index (κ2) is 6.16. The summed E-state index contributed by atoms with van der Waals surface area (Å²) in [5.74, 6) is -0.476. The molecule has 114 valence electrons. The minimum Gasteiger partial charge on any atom is -0.496 e. The van der Waals surface area contributed by atoms with Crippen LogP contribution in [-0.4, -0.2) is 30.1 Å². The number of ether oxygens (including phenoxy) is 1. The summed E-state index contributed by atoms with van der Waals surface area (Å²) in [7, 11) is 1.61. The Kier molecular flexibility index (Phi) is 4.50. The van der Waals surface area contributed by atoms with E-state index in [4.69, 9.17) is 9.84 Å². The molecule has 1 aromatic rings. The van der Waals surface area contributed by atoms with Crippen LogP contribution in [-0.2, 0) is 4.79 Å². The number of carboxylic acids is 1. The van der Waals surface area contributed by atoms with Crippen LogP contribution in [0.5, 0.6) is 5.75 Å². The molecule has 0 radical (unpaired) electrons. The standard InChI is InChI=1S/C16H21NO4/c1-9-6-12(7-10(2)14(9)21-3)15(18)17-13-5-4-11(8-13)16(19)20/h6-7,11,13H,4-5,8H2,1-3H3,(H,17,18)(H,19,20)/t11-,13+/m1/s1. The largest absolute Gasteiger partial charge is 0.496 e. The van der Waals surface area contributed by atoms with Gasteiger partial charge in [0, 0.05) is 11.6 Å². The monoisotopic (exact) mass is 291 g/mol. The number of methoxy groups -OCH3 is 1. The highest BCUT2D eigenvalue weighted by Crippen LogP contribution is 2.27. The molecule has 21 heavy (non-hydrogen) atoms. The van der Waals surface area contributed by atoms with E-state index in [1.54, 1.807) is 19.2 Å². The maximum atomic E-state index is 12.3. The Bertz CT molecular complexity index is 544. The molecule has 0 aliphatic heterocycles. The number of hydrogen-bond acceptors (Lipinski definition) is 3. The molecule has 0 bridgehead atoms. The maximum absolute atomic E-state index is 12.3. The Balaban J connectivity index is 2.06. The Hall–Kier alpha value is -2.04. The molecular weight excluding hydrogens is 270 g/mol. The normalized spacial score (nSPS) is 21.1. The van der Waals surface area contributed by atoms with Crippen LogP contribution in [0.3, 0.4) is 0 Å². The van der Waals surface area contributed by atoms with Gasteiger partial charge in [0.1, 0.15) is 5.75 Å². The van der Waals surface area contributed by atoms with Crippen LogP contribution in [0.2, 0.25) is 0 Å². The predicted octanol–water partition coefficient (Wildman–Crippen LogP) is 2.30. The van der Waals surface area contributed by atoms with E-state index < -0.39 is 5.97 Å². The summed E-state index contributed by atoms with van der Waals surface area (Å²) in [4.78, 5) is 23.2. The molecule has 0 spiro atoms. The smallest absolute Gasteiger partial charge is 0.306 e. The second-order valence-corrected chi connectivity index (χ2v) is 5.66. The Labute approximate surface area is 124 Å². The first kappa shape index (κ1) is 15.4. The highest BCUT2D eigenvalue weighted by molar-refractivity contribution is 5.95. The number of hydrogen-bond donors (Lipinski definition) is 2. The lowest BCUT2D eigenvalue weighted by Gasteiger charge is -2.15. The number of carboxylic acid groups (broad SMARTS) is 1. The fraction of sp³-hybridized carbons (Fsp3) is 0.500. The molecule has 0 heterocycles. The average Bonchev–Trinajstić information content (AvgIpc) is 2.87. The minimum absolute atomic E-state index is 0.0543. The summed E-state index contributed by atoms with van der Waals surface area (Å²) >= 11 is 0. The van der Waals surface area contributed by atoms with Crippen LogP contribution in [0, 0.1) is 19.8 Å². The van der Waals surface area contributed by atoms with E-state index in [0.29, 0.717) is 18.4 Å². The molecule has 2 N–H and O–H groups in total. The Morgan fingerprint density at radius 1 is 1.24 bits per heavy atom. The highest BCUT2D eigenvalue weighted by atomic mass is 16.5. The first-order chi connectivity index (χ1) is 9.92. The summed E-state index contributed by atoms with van der Waals surface area (Å²) in [6, 6.07) is 3.54. The van der Waals surface area contributed by atoms with Crippen LogP contribution >= 0.6 is 0 Å². The van der Waals surface area contributed by atoms with E-state index in [1.165, 1.54) is 0 Å². The molecule has 0 unspecified atom stereocenters. The molecule has 1 aromatic carbocycles. The summed E-state index contributed by atoms with van der Waals surface area (Å²) < 4.78 is 5.29. The molecule has 5 heteroatoms. The zero-order valence-electron chi connectivity index (χ0n) is 12.6. The van der Waals surface area contributed by atoms with Crippen molar-refractivity contribution in [1.82, 2.24) is 5.32 Å². The van der Waals surface area contributed by atoms with Crippen molar-refractivity contribution in [3.8, 4) is 5.75 Å². The van der Waals surface area contributed by atoms with Gasteiger partial charge in [0.2, 0.25) is 0 Å². The van der Waals surface area contributed by atoms with Crippen LogP contribution in [0.15, 0.2) is 12.1 Å². The number of carbonyl (C=O) groups is 2. The predicted molar refractivity (Wildman–Crippen MR) is 78.7 cm³/mol. The van der Waals surface area contributed by atoms with Gasteiger partial charge in [-0.25, -0.2) is 0 Å². The summed E-state index contributed by atoms with van der Waals surface area (Å²) in [5.41, 5.74) is 2.42. The third kappa shape index (κ3) is 3.35. The molecule has 2 rings (SSSR count). The number of nitrogens with one attached hydrogen (secondary N) is 1. The number of amides is 1. The SMILES string of the molecule is COc1c(C)cc(C(=O)N[C@H]2CC[C@@H](C(=O)O)C2)cc1C. The number of carbonyl (C=O) groups excluding carboxylic acids is 1. The number of rotatable bonds is 4. The second-order valence-electron chi connectivity index (χ2n) is 5.66. The van der Waals surface area contributed by atoms with Crippen molar-refractivity contribution in [3.05, 3.63) is 28.8 Å². The van der Waals surface area contributed by atoms with Gasteiger partial charge in [0.15, 0.2) is 0 Å². The van der Waals surface area contributed by atoms with E-state index in [-0.39, 0.29) is 17.9 Å². The molecule has 1 aliphatic carbocycles. The maximum Gasteiger partial charge on any atom is 0.306 e. The molecule has 0 aromatic heterocycles. The average molecular weight is 291 g/mol. The zero-order chi connectivity index (χ0) is 15.6. The quantitative estimate of drug-likeness (QED) is 0.892. The van der Waals surface area contributed by atoms with Crippen LogP contribution < -0.4 is 10.1 Å². The number of aliphatic carboxylic acids is 1. The van der Waals surface area contributed by atoms with Crippen LogP contribution in [0.4, 0.5) is 0 Å². The van der Waals surface area contributed by atoms with Gasteiger partial charge in [-0.15, -0.1) is 0 Å². The first-order valence-corrected chi connectivity index (χ1v) is 7.11. The van der Waals surface area contributed by atoms with Crippen LogP contribution in [0.1, 0.15) is 40.7 Å². The summed E-state index contributed by atoms with van der Waals surface area (Å²) in [6.45, 7) is 3.80. The summed E-state index contributed by atoms with van der Waals surface area (Å²) in [6.07, 6.45) is 1.85. The van der Waals surface area contributed by atoms with Gasteiger partial charge in [0.25, 0.3) is 5.91 Å². The van der Waals surface area contributed by atoms with Gasteiger partial charge >= 0.3 is 5.97 Å². The Morgan fingerprint density at radius 3 is 2.33 bits per heavy atom. The fourth-order valence-electron chi connectivity index (χ4n) is 3.01. The molecule has 2 atom stereocenters. The molecule has 1 saturated carbocycles. The van der Waals surface area contributed by atoms with Crippen molar-refractivity contribution in [2.24, 2.45) is 5.92 Å². The van der Waals surface area contributed by atoms with Crippen molar-refractivity contribution in [2.75, 3.05) is 7.11 Å². The van der Waals surface area contributed by atoms with Crippen molar-refractivity contribution in [3.63, 3.8) is 0 Å². The van der Waals surface area contributed by atoms with Gasteiger partial charge < -0.3 is 15.2 Å². The molecule has 1 fully saturated rings. The van der Waals surface area contributed by atoms with E-state index in [1.807, 2.05) is 13.8 Å². The van der Waals surface area contributed by atoms with E-state index in [9.17, 15) is 9.59 Å². The lowest BCUT2D eigenvalue weighted by atomic mass is 10.0. The van der Waals surface area contributed by atoms with E-state index >= 15 is 0 Å². The van der Waals surface area contributed by atoms with Gasteiger partial charge in [-0.3, -0.25) is 9.59 Å². The lowest BCUT2D eigenvalue weighted by molar-refractivity contribution is -0.141. The van der Waals surface area contributed by atoms with Gasteiger partial charge in [-0.2, -0.15) is 0 Å². The molecule has 1 amide bonds. The zero-order valence-corrected chi connectivity index (χ0v) is 12.6. The summed E-state index contributed by atoms with van der Waals surface area (Å²) in [5, 5.41) is 11.9. The highest BCUT2D eigenvalue weighted by Gasteiger charge is 2.30.